The molecule has 170 valence electrons. The van der Waals surface area contributed by atoms with Crippen molar-refractivity contribution in [3.05, 3.63) is 51.8 Å². The molecule has 0 aliphatic rings. The number of benzene rings is 1. The van der Waals surface area contributed by atoms with Gasteiger partial charge in [-0.3, -0.25) is 0 Å². The Hall–Kier alpha value is -2.92. The van der Waals surface area contributed by atoms with Crippen LogP contribution in [0.15, 0.2) is 39.8 Å². The highest BCUT2D eigenvalue weighted by Crippen LogP contribution is 2.39. The molecule has 2 aromatic heterocycles. The van der Waals surface area contributed by atoms with Crippen LogP contribution < -0.4 is 4.74 Å². The molecule has 0 fully saturated rings. The molecule has 0 saturated heterocycles. The number of aromatic nitrogens is 2. The van der Waals surface area contributed by atoms with E-state index >= 15 is 0 Å². The van der Waals surface area contributed by atoms with Gasteiger partial charge in [0.1, 0.15) is 11.1 Å². The predicted molar refractivity (Wildman–Crippen MR) is 120 cm³/mol. The van der Waals surface area contributed by atoms with Crippen LogP contribution in [0.5, 0.6) is 5.88 Å². The maximum Gasteiger partial charge on any atom is 0.356 e. The number of hydrogen-bond acceptors (Lipinski definition) is 8. The minimum atomic E-state index is -4.39. The highest BCUT2D eigenvalue weighted by atomic mass is 79.9. The van der Waals surface area contributed by atoms with Gasteiger partial charge < -0.3 is 14.2 Å². The summed E-state index contributed by atoms with van der Waals surface area (Å²) in [5.41, 5.74) is 0.00567. The number of esters is 2. The molecular formula is C21H21BrN2O7S. The molecule has 0 radical (unpaired) electrons. The number of rotatable bonds is 7. The van der Waals surface area contributed by atoms with Crippen LogP contribution in [0.4, 0.5) is 0 Å². The molecule has 0 aliphatic heterocycles. The van der Waals surface area contributed by atoms with E-state index in [0.29, 0.717) is 0 Å². The molecule has 3 rings (SSSR count). The van der Waals surface area contributed by atoms with E-state index < -0.39 is 27.7 Å². The van der Waals surface area contributed by atoms with Crippen LogP contribution in [0.2, 0.25) is 0 Å². The Balaban J connectivity index is 2.57. The lowest BCUT2D eigenvalue weighted by atomic mass is 10.1. The van der Waals surface area contributed by atoms with E-state index in [9.17, 15) is 18.0 Å². The van der Waals surface area contributed by atoms with Crippen molar-refractivity contribution in [1.29, 1.82) is 0 Å². The van der Waals surface area contributed by atoms with Gasteiger partial charge >= 0.3 is 11.9 Å². The molecule has 0 atom stereocenters. The van der Waals surface area contributed by atoms with Crippen LogP contribution >= 0.6 is 15.9 Å². The van der Waals surface area contributed by atoms with E-state index in [2.05, 4.69) is 20.9 Å². The molecule has 0 spiro atoms. The molecule has 32 heavy (non-hydrogen) atoms. The Labute approximate surface area is 193 Å². The Morgan fingerprint density at radius 2 is 1.66 bits per heavy atom. The predicted octanol–water partition coefficient (Wildman–Crippen LogP) is 3.71. The third kappa shape index (κ3) is 3.97. The van der Waals surface area contributed by atoms with Crippen molar-refractivity contribution in [3.8, 4) is 5.88 Å². The van der Waals surface area contributed by atoms with Crippen molar-refractivity contribution >= 4 is 48.8 Å². The van der Waals surface area contributed by atoms with Crippen LogP contribution in [-0.2, 0) is 19.5 Å². The van der Waals surface area contributed by atoms with Crippen LogP contribution in [0.3, 0.4) is 0 Å². The first kappa shape index (κ1) is 23.7. The molecule has 2 heterocycles. The average Bonchev–Trinajstić information content (AvgIpc) is 3.13. The first-order valence-corrected chi connectivity index (χ1v) is 11.9. The standard InChI is InChI=1S/C21H21BrN2O7S/c1-5-30-20(25)16-15-14(22)11-23-19(29-4)17(15)24(18(16)21(26)31-6-2)32(27,28)13-9-7-12(3)8-10-13/h7-11H,5-6H2,1-4H3. The number of halogens is 1. The number of carbonyl (C=O) groups excluding carboxylic acids is 2. The monoisotopic (exact) mass is 524 g/mol. The summed E-state index contributed by atoms with van der Waals surface area (Å²) in [6, 6.07) is 6.07. The molecule has 9 nitrogen and oxygen atoms in total. The molecular weight excluding hydrogens is 504 g/mol. The molecule has 0 amide bonds. The lowest BCUT2D eigenvalue weighted by Crippen LogP contribution is -2.22. The van der Waals surface area contributed by atoms with Gasteiger partial charge in [0.15, 0.2) is 5.69 Å². The summed E-state index contributed by atoms with van der Waals surface area (Å²) < 4.78 is 44.1. The van der Waals surface area contributed by atoms with E-state index in [4.69, 9.17) is 14.2 Å². The second-order valence-corrected chi connectivity index (χ2v) is 9.23. The number of nitrogens with zero attached hydrogens (tertiary/aromatic N) is 2. The van der Waals surface area contributed by atoms with E-state index in [1.165, 1.54) is 25.4 Å². The highest BCUT2D eigenvalue weighted by Gasteiger charge is 2.37. The maximum absolute atomic E-state index is 13.8. The van der Waals surface area contributed by atoms with Crippen molar-refractivity contribution in [2.75, 3.05) is 20.3 Å². The van der Waals surface area contributed by atoms with Gasteiger partial charge in [0.05, 0.1) is 25.2 Å². The SMILES string of the molecule is CCOC(=O)c1c(C(=O)OCC)n(S(=O)(=O)c2ccc(C)cc2)c2c(OC)ncc(Br)c12. The topological polar surface area (TPSA) is 114 Å². The maximum atomic E-state index is 13.8. The highest BCUT2D eigenvalue weighted by molar-refractivity contribution is 9.10. The van der Waals surface area contributed by atoms with Gasteiger partial charge in [0, 0.05) is 16.1 Å². The van der Waals surface area contributed by atoms with Crippen LogP contribution in [0, 0.1) is 6.92 Å². The van der Waals surface area contributed by atoms with E-state index in [0.717, 1.165) is 9.54 Å². The molecule has 0 N–H and O–H groups in total. The number of ether oxygens (including phenoxy) is 3. The molecule has 11 heteroatoms. The first-order chi connectivity index (χ1) is 15.2. The van der Waals surface area contributed by atoms with Gasteiger partial charge in [-0.15, -0.1) is 0 Å². The molecule has 0 bridgehead atoms. The van der Waals surface area contributed by atoms with Crippen molar-refractivity contribution < 1.29 is 32.2 Å². The van der Waals surface area contributed by atoms with Gasteiger partial charge in [0.2, 0.25) is 5.88 Å². The summed E-state index contributed by atoms with van der Waals surface area (Å²) in [7, 11) is -3.08. The van der Waals surface area contributed by atoms with E-state index in [-0.39, 0.29) is 44.9 Å². The fourth-order valence-electron chi connectivity index (χ4n) is 3.21. The molecule has 0 unspecified atom stereocenters. The number of fused-ring (bicyclic) bond motifs is 1. The lowest BCUT2D eigenvalue weighted by molar-refractivity contribution is 0.0475. The molecule has 3 aromatic rings. The Morgan fingerprint density at radius 1 is 1.06 bits per heavy atom. The second kappa shape index (κ2) is 9.29. The minimum Gasteiger partial charge on any atom is -0.479 e. The number of methoxy groups -OCH3 is 1. The normalized spacial score (nSPS) is 11.4. The van der Waals surface area contributed by atoms with Gasteiger partial charge in [-0.25, -0.2) is 27.0 Å². The largest absolute Gasteiger partial charge is 0.479 e. The summed E-state index contributed by atoms with van der Waals surface area (Å²) in [6.45, 7) is 4.96. The van der Waals surface area contributed by atoms with Crippen LogP contribution in [-0.4, -0.2) is 49.6 Å². The van der Waals surface area contributed by atoms with Gasteiger partial charge in [-0.2, -0.15) is 0 Å². The van der Waals surface area contributed by atoms with Crippen molar-refractivity contribution in [1.82, 2.24) is 8.96 Å². The van der Waals surface area contributed by atoms with Crippen molar-refractivity contribution in [3.63, 3.8) is 0 Å². The van der Waals surface area contributed by atoms with Crippen molar-refractivity contribution in [2.24, 2.45) is 0 Å². The zero-order valence-corrected chi connectivity index (χ0v) is 20.2. The van der Waals surface area contributed by atoms with Crippen molar-refractivity contribution in [2.45, 2.75) is 25.7 Å². The van der Waals surface area contributed by atoms with E-state index in [1.807, 2.05) is 6.92 Å². The zero-order chi connectivity index (χ0) is 23.6. The number of carbonyl (C=O) groups is 2. The minimum absolute atomic E-state index is 0.0122. The first-order valence-electron chi connectivity index (χ1n) is 9.62. The number of hydrogen-bond donors (Lipinski definition) is 0. The van der Waals surface area contributed by atoms with Gasteiger partial charge in [-0.1, -0.05) is 17.7 Å². The summed E-state index contributed by atoms with van der Waals surface area (Å²) in [6.07, 6.45) is 1.35. The summed E-state index contributed by atoms with van der Waals surface area (Å²) >= 11 is 3.31. The molecule has 0 aliphatic carbocycles. The zero-order valence-electron chi connectivity index (χ0n) is 17.8. The third-order valence-electron chi connectivity index (χ3n) is 4.57. The van der Waals surface area contributed by atoms with Gasteiger partial charge in [0.25, 0.3) is 10.0 Å². The smallest absolute Gasteiger partial charge is 0.356 e. The number of aryl methyl sites for hydroxylation is 1. The van der Waals surface area contributed by atoms with Gasteiger partial charge in [-0.05, 0) is 48.8 Å². The van der Waals surface area contributed by atoms with E-state index in [1.54, 1.807) is 26.0 Å². The Bertz CT molecular complexity index is 1300. The molecule has 0 saturated carbocycles. The summed E-state index contributed by atoms with van der Waals surface area (Å²) in [4.78, 5) is 30.0. The Morgan fingerprint density at radius 3 is 2.22 bits per heavy atom. The summed E-state index contributed by atoms with van der Waals surface area (Å²) in [5.74, 6) is -1.98. The quantitative estimate of drug-likeness (QED) is 0.429. The fourth-order valence-corrected chi connectivity index (χ4v) is 5.21. The summed E-state index contributed by atoms with van der Waals surface area (Å²) in [5, 5.41) is 0.106. The lowest BCUT2D eigenvalue weighted by Gasteiger charge is -2.13. The number of pyridine rings is 1. The third-order valence-corrected chi connectivity index (χ3v) is 6.88. The fraction of sp³-hybridized carbons (Fsp3) is 0.286. The molecule has 1 aromatic carbocycles. The Kier molecular flexibility index (Phi) is 6.89. The van der Waals surface area contributed by atoms with Crippen LogP contribution in [0.25, 0.3) is 10.9 Å². The van der Waals surface area contributed by atoms with Crippen LogP contribution in [0.1, 0.15) is 40.3 Å². The second-order valence-electron chi connectivity index (χ2n) is 6.59. The average molecular weight is 525 g/mol.